The summed E-state index contributed by atoms with van der Waals surface area (Å²) in [5.74, 6) is -1.19. The average Bonchev–Trinajstić information content (AvgIpc) is 2.72. The van der Waals surface area contributed by atoms with Gasteiger partial charge in [0.2, 0.25) is 0 Å². The summed E-state index contributed by atoms with van der Waals surface area (Å²) in [5, 5.41) is 10.4. The van der Waals surface area contributed by atoms with Crippen LogP contribution in [0.1, 0.15) is 27.0 Å². The molecule has 0 saturated carbocycles. The van der Waals surface area contributed by atoms with Crippen molar-refractivity contribution in [2.45, 2.75) is 12.8 Å². The number of hydrogen-bond acceptors (Lipinski definition) is 3. The zero-order valence-electron chi connectivity index (χ0n) is 15.7. The van der Waals surface area contributed by atoms with Crippen molar-refractivity contribution in [1.82, 2.24) is 0 Å². The highest BCUT2D eigenvalue weighted by atomic mass is 32.2. The van der Waals surface area contributed by atoms with Gasteiger partial charge in [0.1, 0.15) is 0 Å². The first-order chi connectivity index (χ1) is 13.9. The first-order valence-electron chi connectivity index (χ1n) is 9.09. The van der Waals surface area contributed by atoms with Gasteiger partial charge in [-0.25, -0.2) is 13.2 Å². The van der Waals surface area contributed by atoms with Crippen LogP contribution >= 0.6 is 0 Å². The summed E-state index contributed by atoms with van der Waals surface area (Å²) in [6, 6.07) is 23.6. The predicted octanol–water partition coefficient (Wildman–Crippen LogP) is 4.58. The minimum Gasteiger partial charge on any atom is -0.478 e. The van der Waals surface area contributed by atoms with E-state index in [1.165, 1.54) is 12.1 Å². The molecule has 0 aliphatic rings. The van der Waals surface area contributed by atoms with Crippen LogP contribution in [-0.2, 0) is 22.9 Å². The summed E-state index contributed by atoms with van der Waals surface area (Å²) in [5.41, 5.74) is 2.70. The molecule has 5 nitrogen and oxygen atoms in total. The van der Waals surface area contributed by atoms with E-state index in [1.807, 2.05) is 36.4 Å². The molecule has 0 atom stereocenters. The molecule has 0 radical (unpaired) electrons. The predicted molar refractivity (Wildman–Crippen MR) is 115 cm³/mol. The molecule has 2 N–H and O–H groups in total. The molecule has 0 fully saturated rings. The maximum atomic E-state index is 12.4. The second-order valence-corrected chi connectivity index (χ2v) is 8.10. The molecule has 0 heterocycles. The Morgan fingerprint density at radius 1 is 0.862 bits per heavy atom. The zero-order valence-corrected chi connectivity index (χ0v) is 16.5. The molecule has 3 rings (SSSR count). The molecule has 29 heavy (non-hydrogen) atoms. The number of hydrogen-bond donors (Lipinski definition) is 2. The Balaban J connectivity index is 1.80. The van der Waals surface area contributed by atoms with E-state index in [0.717, 1.165) is 28.5 Å². The monoisotopic (exact) mass is 407 g/mol. The molecule has 0 unspecified atom stereocenters. The van der Waals surface area contributed by atoms with Gasteiger partial charge >= 0.3 is 5.97 Å². The molecule has 148 valence electrons. The van der Waals surface area contributed by atoms with Gasteiger partial charge < -0.3 is 5.11 Å². The Labute approximate surface area is 170 Å². The Hall–Kier alpha value is -3.38. The lowest BCUT2D eigenvalue weighted by atomic mass is 10.0. The molecule has 0 spiro atoms. The van der Waals surface area contributed by atoms with Gasteiger partial charge in [0.15, 0.2) is 0 Å². The van der Waals surface area contributed by atoms with Gasteiger partial charge in [0, 0.05) is 0 Å². The summed E-state index contributed by atoms with van der Waals surface area (Å²) in [6.07, 6.45) is 2.90. The minimum absolute atomic E-state index is 0.0563. The standard InChI is InChI=1S/C23H21NO4S/c25-23(26)21-14-13-20(12-11-18-7-3-1-4-8-18)17-22(21)24-29(27,28)16-15-19-9-5-2-6-10-19/h1-10,13-17,24H,11-12H2,(H,25,26). The van der Waals surface area contributed by atoms with Crippen LogP contribution in [0.4, 0.5) is 5.69 Å². The maximum absolute atomic E-state index is 12.4. The molecule has 0 saturated heterocycles. The van der Waals surface area contributed by atoms with Gasteiger partial charge in [-0.05, 0) is 47.7 Å². The number of nitrogens with one attached hydrogen (secondary N) is 1. The van der Waals surface area contributed by atoms with Crippen molar-refractivity contribution in [3.8, 4) is 0 Å². The Bertz CT molecular complexity index is 1110. The zero-order chi connectivity index (χ0) is 20.7. The largest absolute Gasteiger partial charge is 0.478 e. The van der Waals surface area contributed by atoms with Crippen LogP contribution in [0, 0.1) is 0 Å². The van der Waals surface area contributed by atoms with Crippen LogP contribution in [0.3, 0.4) is 0 Å². The third-order valence-electron chi connectivity index (χ3n) is 4.35. The lowest BCUT2D eigenvalue weighted by molar-refractivity contribution is 0.0698. The van der Waals surface area contributed by atoms with Crippen molar-refractivity contribution in [3.05, 3.63) is 107 Å². The average molecular weight is 407 g/mol. The lowest BCUT2D eigenvalue weighted by Gasteiger charge is -2.11. The molecule has 0 amide bonds. The Morgan fingerprint density at radius 2 is 1.48 bits per heavy atom. The van der Waals surface area contributed by atoms with Crippen LogP contribution in [0.2, 0.25) is 0 Å². The van der Waals surface area contributed by atoms with Crippen LogP contribution in [-0.4, -0.2) is 19.5 Å². The third-order valence-corrected chi connectivity index (χ3v) is 5.35. The topological polar surface area (TPSA) is 83.5 Å². The van der Waals surface area contributed by atoms with Crippen molar-refractivity contribution in [2.75, 3.05) is 4.72 Å². The molecule has 0 aliphatic heterocycles. The maximum Gasteiger partial charge on any atom is 0.337 e. The van der Waals surface area contributed by atoms with Gasteiger partial charge in [-0.15, -0.1) is 0 Å². The smallest absolute Gasteiger partial charge is 0.337 e. The van der Waals surface area contributed by atoms with Gasteiger partial charge in [-0.1, -0.05) is 66.7 Å². The van der Waals surface area contributed by atoms with Gasteiger partial charge in [0.25, 0.3) is 10.0 Å². The third kappa shape index (κ3) is 6.05. The van der Waals surface area contributed by atoms with E-state index in [1.54, 1.807) is 36.4 Å². The number of anilines is 1. The van der Waals surface area contributed by atoms with Crippen molar-refractivity contribution in [3.63, 3.8) is 0 Å². The number of sulfonamides is 1. The van der Waals surface area contributed by atoms with Crippen molar-refractivity contribution < 1.29 is 18.3 Å². The van der Waals surface area contributed by atoms with Crippen molar-refractivity contribution >= 4 is 27.8 Å². The number of carbonyl (C=O) groups is 1. The second kappa shape index (κ2) is 9.21. The fourth-order valence-corrected chi connectivity index (χ4v) is 3.75. The molecule has 3 aromatic carbocycles. The van der Waals surface area contributed by atoms with E-state index >= 15 is 0 Å². The fourth-order valence-electron chi connectivity index (χ4n) is 2.87. The summed E-state index contributed by atoms with van der Waals surface area (Å²) < 4.78 is 27.3. The number of benzene rings is 3. The van der Waals surface area contributed by atoms with Gasteiger partial charge in [-0.3, -0.25) is 4.72 Å². The Kier molecular flexibility index (Phi) is 6.46. The van der Waals surface area contributed by atoms with E-state index in [4.69, 9.17) is 0 Å². The number of rotatable bonds is 8. The van der Waals surface area contributed by atoms with Crippen LogP contribution in [0.15, 0.2) is 84.3 Å². The van der Waals surface area contributed by atoms with E-state index in [2.05, 4.69) is 4.72 Å². The second-order valence-electron chi connectivity index (χ2n) is 6.53. The minimum atomic E-state index is -3.87. The van der Waals surface area contributed by atoms with E-state index < -0.39 is 16.0 Å². The van der Waals surface area contributed by atoms with Crippen LogP contribution in [0.25, 0.3) is 6.08 Å². The van der Waals surface area contributed by atoms with Gasteiger partial charge in [0.05, 0.1) is 16.7 Å². The first kappa shape index (κ1) is 20.4. The van der Waals surface area contributed by atoms with Gasteiger partial charge in [-0.2, -0.15) is 0 Å². The SMILES string of the molecule is O=C(O)c1ccc(CCc2ccccc2)cc1NS(=O)(=O)C=Cc1ccccc1. The van der Waals surface area contributed by atoms with E-state index in [0.29, 0.717) is 6.42 Å². The summed E-state index contributed by atoms with van der Waals surface area (Å²) in [7, 11) is -3.87. The Morgan fingerprint density at radius 3 is 2.14 bits per heavy atom. The normalized spacial score (nSPS) is 11.4. The van der Waals surface area contributed by atoms with Crippen molar-refractivity contribution in [1.29, 1.82) is 0 Å². The molecule has 6 heteroatoms. The quantitative estimate of drug-likeness (QED) is 0.572. The highest BCUT2D eigenvalue weighted by molar-refractivity contribution is 7.95. The molecular formula is C23H21NO4S. The highest BCUT2D eigenvalue weighted by Gasteiger charge is 2.15. The highest BCUT2D eigenvalue weighted by Crippen LogP contribution is 2.21. The summed E-state index contributed by atoms with van der Waals surface area (Å²) >= 11 is 0. The first-order valence-corrected chi connectivity index (χ1v) is 10.6. The summed E-state index contributed by atoms with van der Waals surface area (Å²) in [4.78, 5) is 11.5. The number of carboxylic acid groups (broad SMARTS) is 1. The molecule has 0 aromatic heterocycles. The molecular weight excluding hydrogens is 386 g/mol. The lowest BCUT2D eigenvalue weighted by Crippen LogP contribution is -2.13. The number of aromatic carboxylic acids is 1. The fraction of sp³-hybridized carbons (Fsp3) is 0.0870. The molecule has 3 aromatic rings. The number of carboxylic acids is 1. The van der Waals surface area contributed by atoms with E-state index in [-0.39, 0.29) is 11.3 Å². The molecule has 0 aliphatic carbocycles. The van der Waals surface area contributed by atoms with E-state index in [9.17, 15) is 18.3 Å². The summed E-state index contributed by atoms with van der Waals surface area (Å²) in [6.45, 7) is 0. The van der Waals surface area contributed by atoms with Crippen molar-refractivity contribution in [2.24, 2.45) is 0 Å². The molecule has 0 bridgehead atoms. The van der Waals surface area contributed by atoms with Crippen LogP contribution < -0.4 is 4.72 Å². The number of aryl methyl sites for hydroxylation is 2. The van der Waals surface area contributed by atoms with Crippen LogP contribution in [0.5, 0.6) is 0 Å².